The van der Waals surface area contributed by atoms with Crippen LogP contribution in [0.2, 0.25) is 0 Å². The van der Waals surface area contributed by atoms with Gasteiger partial charge in [-0.3, -0.25) is 4.79 Å². The van der Waals surface area contributed by atoms with Crippen LogP contribution in [-0.2, 0) is 4.74 Å². The van der Waals surface area contributed by atoms with Crippen molar-refractivity contribution >= 4 is 41.3 Å². The number of para-hydroxylation sites is 1. The van der Waals surface area contributed by atoms with Gasteiger partial charge in [0.05, 0.1) is 22.3 Å². The molecule has 3 heterocycles. The largest absolute Gasteiger partial charge is 0.384 e. The van der Waals surface area contributed by atoms with Gasteiger partial charge in [-0.15, -0.1) is 0 Å². The normalized spacial score (nSPS) is 20.8. The Labute approximate surface area is 171 Å². The van der Waals surface area contributed by atoms with Crippen molar-refractivity contribution in [3.05, 3.63) is 29.8 Å². The molecule has 5 rings (SSSR count). The quantitative estimate of drug-likeness (QED) is 0.649. The zero-order valence-corrected chi connectivity index (χ0v) is 17.5. The number of nitrogens with one attached hydrogen (secondary N) is 1. The van der Waals surface area contributed by atoms with Crippen LogP contribution in [0, 0.1) is 0 Å². The molecule has 0 spiro atoms. The van der Waals surface area contributed by atoms with Crippen LogP contribution in [-0.4, -0.2) is 34.7 Å². The summed E-state index contributed by atoms with van der Waals surface area (Å²) in [6.45, 7) is 1.32. The van der Waals surface area contributed by atoms with Crippen LogP contribution in [0.4, 0.5) is 5.82 Å². The van der Waals surface area contributed by atoms with Crippen molar-refractivity contribution in [2.45, 2.75) is 57.1 Å². The molecule has 1 atom stereocenters. The number of nitrogens with two attached hydrogens (primary N) is 1. The summed E-state index contributed by atoms with van der Waals surface area (Å²) in [4.78, 5) is 18.2. The van der Waals surface area contributed by atoms with Crippen molar-refractivity contribution in [2.24, 2.45) is 0 Å². The van der Waals surface area contributed by atoms with E-state index in [-0.39, 0.29) is 12.0 Å². The summed E-state index contributed by atoms with van der Waals surface area (Å²) in [5.74, 6) is 0.460. The van der Waals surface area contributed by atoms with Gasteiger partial charge in [-0.1, -0.05) is 39.6 Å². The fourth-order valence-electron chi connectivity index (χ4n) is 4.72. The predicted molar refractivity (Wildman–Crippen MR) is 118 cm³/mol. The van der Waals surface area contributed by atoms with Gasteiger partial charge in [-0.05, 0) is 37.8 Å². The molecule has 1 aliphatic heterocycles. The van der Waals surface area contributed by atoms with Gasteiger partial charge in [0.25, 0.3) is 5.91 Å². The molecule has 2 aromatic heterocycles. The van der Waals surface area contributed by atoms with E-state index in [0.717, 1.165) is 61.9 Å². The lowest BCUT2D eigenvalue weighted by Crippen LogP contribution is -2.32. The Morgan fingerprint density at radius 3 is 2.83 bits per heavy atom. The third kappa shape index (κ3) is 3.49. The molecule has 29 heavy (non-hydrogen) atoms. The number of anilines is 1. The molecule has 2 fully saturated rings. The van der Waals surface area contributed by atoms with E-state index in [2.05, 4.69) is 16.0 Å². The van der Waals surface area contributed by atoms with Gasteiger partial charge < -0.3 is 20.4 Å². The number of hydrogen-bond donors (Lipinski definition) is 2. The smallest absolute Gasteiger partial charge is 0.256 e. The molecule has 1 aromatic carbocycles. The molecular formula is C22H27N4O2P. The second-order valence-corrected chi connectivity index (χ2v) is 9.30. The van der Waals surface area contributed by atoms with E-state index in [0.29, 0.717) is 24.0 Å². The second kappa shape index (κ2) is 7.92. The number of benzene rings is 1. The van der Waals surface area contributed by atoms with Gasteiger partial charge in [-0.2, -0.15) is 0 Å². The van der Waals surface area contributed by atoms with Gasteiger partial charge in [0.1, 0.15) is 11.5 Å². The minimum Gasteiger partial charge on any atom is -0.384 e. The van der Waals surface area contributed by atoms with Crippen LogP contribution >= 0.6 is 8.19 Å². The van der Waals surface area contributed by atoms with Gasteiger partial charge in [-0.25, -0.2) is 4.98 Å². The first kappa shape index (κ1) is 18.8. The first-order valence-corrected chi connectivity index (χ1v) is 11.6. The van der Waals surface area contributed by atoms with Gasteiger partial charge in [0.2, 0.25) is 0 Å². The highest BCUT2D eigenvalue weighted by Gasteiger charge is 2.28. The zero-order chi connectivity index (χ0) is 19.8. The molecule has 0 bridgehead atoms. The summed E-state index contributed by atoms with van der Waals surface area (Å²) in [6, 6.07) is 8.46. The SMILES string of the molecule is Nc1c(C(=O)NCC2CCCO2)c2pc3ccccc3nc2n1C1CCCCC1. The molecule has 1 saturated heterocycles. The lowest BCUT2D eigenvalue weighted by molar-refractivity contribution is 0.0859. The molecular weight excluding hydrogens is 383 g/mol. The minimum absolute atomic E-state index is 0.106. The third-order valence-electron chi connectivity index (χ3n) is 6.21. The minimum atomic E-state index is -0.106. The Hall–Kier alpha value is -2.17. The van der Waals surface area contributed by atoms with Crippen LogP contribution in [0.15, 0.2) is 24.3 Å². The van der Waals surface area contributed by atoms with Crippen molar-refractivity contribution in [1.82, 2.24) is 14.9 Å². The highest BCUT2D eigenvalue weighted by molar-refractivity contribution is 7.43. The topological polar surface area (TPSA) is 82.2 Å². The number of ether oxygens (including phenoxy) is 1. The molecule has 7 heteroatoms. The zero-order valence-electron chi connectivity index (χ0n) is 16.6. The third-order valence-corrected chi connectivity index (χ3v) is 7.48. The highest BCUT2D eigenvalue weighted by Crippen LogP contribution is 2.41. The summed E-state index contributed by atoms with van der Waals surface area (Å²) in [5, 5.41) is 5.13. The maximum absolute atomic E-state index is 13.2. The van der Waals surface area contributed by atoms with Crippen LogP contribution in [0.25, 0.3) is 21.4 Å². The van der Waals surface area contributed by atoms with Crippen molar-refractivity contribution in [1.29, 1.82) is 0 Å². The summed E-state index contributed by atoms with van der Waals surface area (Å²) in [5.41, 5.74) is 9.09. The van der Waals surface area contributed by atoms with Gasteiger partial charge in [0.15, 0.2) is 0 Å². The number of nitrogens with zero attached hydrogens (tertiary/aromatic N) is 2. The average Bonchev–Trinajstić information content (AvgIpc) is 3.36. The first-order chi connectivity index (χ1) is 14.2. The van der Waals surface area contributed by atoms with E-state index in [9.17, 15) is 4.79 Å². The summed E-state index contributed by atoms with van der Waals surface area (Å²) >= 11 is 0. The maximum atomic E-state index is 13.2. The van der Waals surface area contributed by atoms with Gasteiger partial charge >= 0.3 is 0 Å². The summed E-state index contributed by atoms with van der Waals surface area (Å²) in [7, 11) is 1.000. The number of aromatic nitrogens is 2. The molecule has 1 amide bonds. The highest BCUT2D eigenvalue weighted by atomic mass is 31.0. The number of hydrogen-bond acceptors (Lipinski definition) is 4. The molecule has 3 aromatic rings. The van der Waals surface area contributed by atoms with E-state index in [4.69, 9.17) is 15.5 Å². The van der Waals surface area contributed by atoms with E-state index in [1.54, 1.807) is 0 Å². The standard InChI is InChI=1S/C22H27N4O2P/c23-20-18(22(27)24-13-15-9-6-12-28-15)19-21(26(20)14-7-2-1-3-8-14)25-16-10-4-5-11-17(16)29-19/h4-5,10-11,14-15H,1-3,6-9,12-13,23H2,(H,24,27). The van der Waals surface area contributed by atoms with E-state index in [1.165, 1.54) is 19.3 Å². The summed E-state index contributed by atoms with van der Waals surface area (Å²) < 4.78 is 7.81. The van der Waals surface area contributed by atoms with Crippen LogP contribution in [0.5, 0.6) is 0 Å². The Kier molecular flexibility index (Phi) is 5.15. The number of carbonyl (C=O) groups is 1. The molecule has 1 aliphatic carbocycles. The Bertz CT molecular complexity index is 1050. The van der Waals surface area contributed by atoms with Crippen molar-refractivity contribution in [3.8, 4) is 0 Å². The molecule has 0 radical (unpaired) electrons. The second-order valence-electron chi connectivity index (χ2n) is 8.15. The van der Waals surface area contributed by atoms with E-state index >= 15 is 0 Å². The number of fused-ring (bicyclic) bond motifs is 2. The fourth-order valence-corrected chi connectivity index (χ4v) is 5.94. The van der Waals surface area contributed by atoms with Crippen molar-refractivity contribution in [2.75, 3.05) is 18.9 Å². The predicted octanol–water partition coefficient (Wildman–Crippen LogP) is 4.77. The number of carbonyl (C=O) groups excluding carboxylic acids is 1. The maximum Gasteiger partial charge on any atom is 0.256 e. The van der Waals surface area contributed by atoms with Crippen molar-refractivity contribution < 1.29 is 9.53 Å². The Balaban J connectivity index is 1.60. The van der Waals surface area contributed by atoms with Crippen molar-refractivity contribution in [3.63, 3.8) is 0 Å². The number of amides is 1. The number of rotatable bonds is 4. The van der Waals surface area contributed by atoms with Gasteiger partial charge in [0, 0.05) is 24.3 Å². The number of nitrogen functional groups attached to an aromatic ring is 1. The monoisotopic (exact) mass is 410 g/mol. The molecule has 3 N–H and O–H groups in total. The first-order valence-electron chi connectivity index (χ1n) is 10.7. The lowest BCUT2D eigenvalue weighted by atomic mass is 9.95. The molecule has 1 unspecified atom stereocenters. The Morgan fingerprint density at radius 2 is 2.03 bits per heavy atom. The molecule has 1 saturated carbocycles. The molecule has 6 nitrogen and oxygen atoms in total. The van der Waals surface area contributed by atoms with Crippen LogP contribution < -0.4 is 11.1 Å². The van der Waals surface area contributed by atoms with Crippen LogP contribution in [0.3, 0.4) is 0 Å². The summed E-state index contributed by atoms with van der Waals surface area (Å²) in [6.07, 6.45) is 8.03. The fraction of sp³-hybridized carbons (Fsp3) is 0.500. The Morgan fingerprint density at radius 1 is 1.21 bits per heavy atom. The molecule has 152 valence electrons. The van der Waals surface area contributed by atoms with E-state index in [1.807, 2.05) is 18.2 Å². The lowest BCUT2D eigenvalue weighted by Gasteiger charge is -2.25. The average molecular weight is 410 g/mol. The van der Waals surface area contributed by atoms with Crippen LogP contribution in [0.1, 0.15) is 61.3 Å². The molecule has 2 aliphatic rings. The van der Waals surface area contributed by atoms with E-state index < -0.39 is 0 Å².